The van der Waals surface area contributed by atoms with Gasteiger partial charge in [0.2, 0.25) is 5.91 Å². The van der Waals surface area contributed by atoms with Gasteiger partial charge in [-0.3, -0.25) is 4.79 Å². The van der Waals surface area contributed by atoms with Crippen molar-refractivity contribution in [1.82, 2.24) is 10.6 Å². The molecule has 1 aliphatic heterocycles. The fourth-order valence-electron chi connectivity index (χ4n) is 2.98. The molecule has 36 heavy (non-hydrogen) atoms. The normalized spacial score (nSPS) is 14.2. The molecule has 13 heteroatoms. The lowest BCUT2D eigenvalue weighted by Crippen LogP contribution is -2.33. The maximum Gasteiger partial charge on any atom is 0.329 e. The quantitative estimate of drug-likeness (QED) is 0.120. The zero-order valence-corrected chi connectivity index (χ0v) is 21.2. The van der Waals surface area contributed by atoms with Crippen molar-refractivity contribution >= 4 is 11.9 Å². The number of carbonyl (C=O) groups excluding carboxylic acids is 1. The van der Waals surface area contributed by atoms with Gasteiger partial charge in [-0.25, -0.2) is 4.79 Å². The third-order valence-electron chi connectivity index (χ3n) is 4.75. The first-order chi connectivity index (χ1) is 17.7. The summed E-state index contributed by atoms with van der Waals surface area (Å²) in [6, 6.07) is 0. The maximum atomic E-state index is 11.3. The Morgan fingerprint density at radius 3 is 1.56 bits per heavy atom. The van der Waals surface area contributed by atoms with Crippen LogP contribution in [0.15, 0.2) is 0 Å². The number of aliphatic carboxylic acids is 1. The maximum absolute atomic E-state index is 11.3. The van der Waals surface area contributed by atoms with E-state index in [1.165, 1.54) is 0 Å². The summed E-state index contributed by atoms with van der Waals surface area (Å²) in [6.45, 7) is 7.93. The molecule has 0 atom stereocenters. The summed E-state index contributed by atoms with van der Waals surface area (Å²) in [5, 5.41) is 14.3. The van der Waals surface area contributed by atoms with Crippen molar-refractivity contribution in [2.45, 2.75) is 18.9 Å². The highest BCUT2D eigenvalue weighted by Crippen LogP contribution is 2.06. The molecular formula is C23H44N2O11. The molecule has 0 aromatic heterocycles. The van der Waals surface area contributed by atoms with Crippen LogP contribution in [0.2, 0.25) is 0 Å². The van der Waals surface area contributed by atoms with Gasteiger partial charge in [-0.05, 0) is 25.9 Å². The molecule has 0 aliphatic carbocycles. The van der Waals surface area contributed by atoms with Gasteiger partial charge in [0.05, 0.1) is 92.0 Å². The highest BCUT2D eigenvalue weighted by Gasteiger charge is 2.12. The van der Waals surface area contributed by atoms with Crippen molar-refractivity contribution in [2.75, 3.05) is 119 Å². The minimum Gasteiger partial charge on any atom is -0.480 e. The van der Waals surface area contributed by atoms with E-state index in [1.54, 1.807) is 0 Å². The summed E-state index contributed by atoms with van der Waals surface area (Å²) in [7, 11) is 0. The number of amides is 1. The third-order valence-corrected chi connectivity index (χ3v) is 4.75. The minimum atomic E-state index is -1.12. The topological polar surface area (TPSA) is 152 Å². The highest BCUT2D eigenvalue weighted by molar-refractivity contribution is 5.77. The zero-order chi connectivity index (χ0) is 25.9. The molecule has 1 amide bonds. The Kier molecular flexibility index (Phi) is 22.9. The van der Waals surface area contributed by atoms with E-state index < -0.39 is 12.6 Å². The van der Waals surface area contributed by atoms with Gasteiger partial charge in [-0.15, -0.1) is 0 Å². The second-order valence-electron chi connectivity index (χ2n) is 7.73. The lowest BCUT2D eigenvalue weighted by atomic mass is 10.1. The lowest BCUT2D eigenvalue weighted by Gasteiger charge is -2.22. The van der Waals surface area contributed by atoms with Crippen molar-refractivity contribution < 1.29 is 52.6 Å². The minimum absolute atomic E-state index is 0.293. The van der Waals surface area contributed by atoms with E-state index in [0.29, 0.717) is 98.5 Å². The van der Waals surface area contributed by atoms with Gasteiger partial charge >= 0.3 is 5.97 Å². The van der Waals surface area contributed by atoms with E-state index in [9.17, 15) is 9.59 Å². The number of rotatable bonds is 26. The van der Waals surface area contributed by atoms with Gasteiger partial charge in [0.25, 0.3) is 0 Å². The van der Waals surface area contributed by atoms with Gasteiger partial charge < -0.3 is 53.6 Å². The standard InChI is InChI=1S/C23H44N2O11/c26-22(19-35-20-23(27)28)25-5-6-29-7-8-30-9-10-31-11-12-32-13-14-33-15-16-34-17-18-36-21-1-3-24-4-2-21/h21,24H,1-20H2,(H,25,26)(H,27,28). The Hall–Kier alpha value is -1.42. The van der Waals surface area contributed by atoms with Crippen molar-refractivity contribution in [2.24, 2.45) is 0 Å². The van der Waals surface area contributed by atoms with Crippen LogP contribution in [0.5, 0.6) is 0 Å². The van der Waals surface area contributed by atoms with Crippen LogP contribution in [0.3, 0.4) is 0 Å². The van der Waals surface area contributed by atoms with Gasteiger partial charge in [-0.2, -0.15) is 0 Å². The van der Waals surface area contributed by atoms with E-state index in [0.717, 1.165) is 25.9 Å². The van der Waals surface area contributed by atoms with Crippen LogP contribution in [0.4, 0.5) is 0 Å². The average molecular weight is 525 g/mol. The van der Waals surface area contributed by atoms with Gasteiger partial charge in [0.15, 0.2) is 0 Å². The van der Waals surface area contributed by atoms with Crippen LogP contribution in [0, 0.1) is 0 Å². The number of piperidine rings is 1. The third kappa shape index (κ3) is 23.0. The molecule has 0 radical (unpaired) electrons. The van der Waals surface area contributed by atoms with E-state index >= 15 is 0 Å². The van der Waals surface area contributed by atoms with Crippen LogP contribution in [-0.4, -0.2) is 142 Å². The van der Waals surface area contributed by atoms with Crippen LogP contribution in [-0.2, 0) is 47.5 Å². The molecule has 3 N–H and O–H groups in total. The Bertz CT molecular complexity index is 522. The predicted octanol–water partition coefficient (Wildman–Crippen LogP) is -0.928. The zero-order valence-electron chi connectivity index (χ0n) is 21.2. The first-order valence-electron chi connectivity index (χ1n) is 12.5. The summed E-state index contributed by atoms with van der Waals surface area (Å²) in [5.41, 5.74) is 0. The van der Waals surface area contributed by atoms with Crippen LogP contribution >= 0.6 is 0 Å². The summed E-state index contributed by atoms with van der Waals surface area (Å²) in [4.78, 5) is 21.6. The fourth-order valence-corrected chi connectivity index (χ4v) is 2.98. The Morgan fingerprint density at radius 1 is 0.639 bits per heavy atom. The van der Waals surface area contributed by atoms with Gasteiger partial charge in [0, 0.05) is 6.54 Å². The van der Waals surface area contributed by atoms with Crippen molar-refractivity contribution in [3.05, 3.63) is 0 Å². The smallest absolute Gasteiger partial charge is 0.329 e. The summed E-state index contributed by atoms with van der Waals surface area (Å²) in [6.07, 6.45) is 2.50. The van der Waals surface area contributed by atoms with E-state index in [2.05, 4.69) is 15.4 Å². The van der Waals surface area contributed by atoms with E-state index in [1.807, 2.05) is 0 Å². The fraction of sp³-hybridized carbons (Fsp3) is 0.913. The molecular weight excluding hydrogens is 480 g/mol. The van der Waals surface area contributed by atoms with Crippen LogP contribution < -0.4 is 10.6 Å². The molecule has 0 aromatic carbocycles. The summed E-state index contributed by atoms with van der Waals surface area (Å²) >= 11 is 0. The largest absolute Gasteiger partial charge is 0.480 e. The average Bonchev–Trinajstić information content (AvgIpc) is 2.87. The number of hydrogen-bond acceptors (Lipinski definition) is 11. The molecule has 0 bridgehead atoms. The molecule has 0 saturated carbocycles. The molecule has 0 aromatic rings. The Balaban J connectivity index is 1.66. The first kappa shape index (κ1) is 32.6. The Morgan fingerprint density at radius 2 is 1.08 bits per heavy atom. The molecule has 0 unspecified atom stereocenters. The van der Waals surface area contributed by atoms with Gasteiger partial charge in [-0.1, -0.05) is 0 Å². The molecule has 1 aliphatic rings. The number of carboxylic acids is 1. The Labute approximate surface area is 213 Å². The summed E-state index contributed by atoms with van der Waals surface area (Å²) < 4.78 is 42.9. The number of carbonyl (C=O) groups is 2. The molecule has 1 saturated heterocycles. The molecule has 13 nitrogen and oxygen atoms in total. The lowest BCUT2D eigenvalue weighted by molar-refractivity contribution is -0.143. The highest BCUT2D eigenvalue weighted by atomic mass is 16.6. The molecule has 1 fully saturated rings. The van der Waals surface area contributed by atoms with Crippen molar-refractivity contribution in [3.63, 3.8) is 0 Å². The molecule has 1 heterocycles. The van der Waals surface area contributed by atoms with Gasteiger partial charge in [0.1, 0.15) is 13.2 Å². The first-order valence-corrected chi connectivity index (χ1v) is 12.5. The van der Waals surface area contributed by atoms with E-state index in [4.69, 9.17) is 38.3 Å². The second-order valence-corrected chi connectivity index (χ2v) is 7.73. The van der Waals surface area contributed by atoms with Crippen molar-refractivity contribution in [3.8, 4) is 0 Å². The molecule has 212 valence electrons. The predicted molar refractivity (Wildman–Crippen MR) is 128 cm³/mol. The number of carboxylic acid groups (broad SMARTS) is 1. The molecule has 1 rings (SSSR count). The monoisotopic (exact) mass is 524 g/mol. The summed E-state index contributed by atoms with van der Waals surface area (Å²) in [5.74, 6) is -1.51. The van der Waals surface area contributed by atoms with Crippen LogP contribution in [0.25, 0.3) is 0 Å². The van der Waals surface area contributed by atoms with Crippen molar-refractivity contribution in [1.29, 1.82) is 0 Å². The number of ether oxygens (including phenoxy) is 8. The second kappa shape index (κ2) is 25.2. The van der Waals surface area contributed by atoms with E-state index in [-0.39, 0.29) is 12.5 Å². The SMILES string of the molecule is O=C(O)COCC(=O)NCCOCCOCCOCCOCCOCCOCCOC1CCNCC1. The number of nitrogens with one attached hydrogen (secondary N) is 2. The van der Waals surface area contributed by atoms with Crippen LogP contribution in [0.1, 0.15) is 12.8 Å². The molecule has 0 spiro atoms. The number of hydrogen-bond donors (Lipinski definition) is 3.